The van der Waals surface area contributed by atoms with Gasteiger partial charge < -0.3 is 10.6 Å². The molecule has 106 valence electrons. The van der Waals surface area contributed by atoms with Crippen LogP contribution in [-0.4, -0.2) is 24.5 Å². The highest BCUT2D eigenvalue weighted by Crippen LogP contribution is 2.29. The quantitative estimate of drug-likeness (QED) is 0.825. The van der Waals surface area contributed by atoms with Crippen molar-refractivity contribution >= 4 is 23.3 Å². The van der Waals surface area contributed by atoms with E-state index < -0.39 is 0 Å². The monoisotopic (exact) mass is 273 g/mol. The molecule has 1 aromatic carbocycles. The molecular formula is C15H19N3O2. The van der Waals surface area contributed by atoms with E-state index >= 15 is 0 Å². The Morgan fingerprint density at radius 1 is 1.20 bits per heavy atom. The Hall–Kier alpha value is -2.04. The molecule has 0 radical (unpaired) electrons. The molecule has 0 atom stereocenters. The molecule has 20 heavy (non-hydrogen) atoms. The van der Waals surface area contributed by atoms with E-state index in [0.29, 0.717) is 5.69 Å². The van der Waals surface area contributed by atoms with Crippen molar-refractivity contribution in [3.8, 4) is 0 Å². The number of benzene rings is 1. The van der Waals surface area contributed by atoms with E-state index in [-0.39, 0.29) is 24.5 Å². The standard InChI is InChI=1S/C15H19N3O2/c19-14-10-18(13-9-5-4-8-12(13)17-14)15(20)16-11-6-2-1-3-7-11/h4-5,8-9,11H,1-3,6-7,10H2,(H,16,20)(H,17,19). The molecule has 1 aliphatic carbocycles. The van der Waals surface area contributed by atoms with E-state index in [0.717, 1.165) is 18.5 Å². The molecule has 5 heteroatoms. The Bertz CT molecular complexity index is 524. The first-order valence-electron chi connectivity index (χ1n) is 7.21. The predicted molar refractivity (Wildman–Crippen MR) is 77.8 cm³/mol. The van der Waals surface area contributed by atoms with E-state index in [9.17, 15) is 9.59 Å². The van der Waals surface area contributed by atoms with Gasteiger partial charge in [0.15, 0.2) is 0 Å². The third-order valence-corrected chi connectivity index (χ3v) is 3.95. The summed E-state index contributed by atoms with van der Waals surface area (Å²) >= 11 is 0. The van der Waals surface area contributed by atoms with E-state index in [1.807, 2.05) is 24.3 Å². The molecule has 1 aliphatic heterocycles. The van der Waals surface area contributed by atoms with Gasteiger partial charge >= 0.3 is 6.03 Å². The van der Waals surface area contributed by atoms with Crippen LogP contribution < -0.4 is 15.5 Å². The molecule has 1 aromatic rings. The fourth-order valence-corrected chi connectivity index (χ4v) is 2.91. The lowest BCUT2D eigenvalue weighted by Gasteiger charge is -2.31. The fraction of sp³-hybridized carbons (Fsp3) is 0.467. The number of anilines is 2. The molecule has 0 aromatic heterocycles. The van der Waals surface area contributed by atoms with Crippen molar-refractivity contribution in [2.24, 2.45) is 0 Å². The second kappa shape index (κ2) is 5.53. The van der Waals surface area contributed by atoms with Gasteiger partial charge in [0.25, 0.3) is 0 Å². The van der Waals surface area contributed by atoms with Gasteiger partial charge in [-0.15, -0.1) is 0 Å². The summed E-state index contributed by atoms with van der Waals surface area (Å²) in [7, 11) is 0. The first-order chi connectivity index (χ1) is 9.74. The van der Waals surface area contributed by atoms with Crippen molar-refractivity contribution in [2.45, 2.75) is 38.1 Å². The van der Waals surface area contributed by atoms with E-state index in [4.69, 9.17) is 0 Å². The number of para-hydroxylation sites is 2. The second-order valence-corrected chi connectivity index (χ2v) is 5.44. The van der Waals surface area contributed by atoms with Crippen molar-refractivity contribution in [1.29, 1.82) is 0 Å². The molecule has 1 heterocycles. The zero-order valence-electron chi connectivity index (χ0n) is 11.4. The lowest BCUT2D eigenvalue weighted by atomic mass is 9.96. The number of rotatable bonds is 1. The molecule has 1 fully saturated rings. The van der Waals surface area contributed by atoms with E-state index in [1.54, 1.807) is 0 Å². The third kappa shape index (κ3) is 2.61. The van der Waals surface area contributed by atoms with Crippen molar-refractivity contribution in [1.82, 2.24) is 5.32 Å². The first kappa shape index (κ1) is 13.0. The zero-order valence-corrected chi connectivity index (χ0v) is 11.4. The van der Waals surface area contributed by atoms with Crippen molar-refractivity contribution in [3.63, 3.8) is 0 Å². The molecule has 2 N–H and O–H groups in total. The molecule has 5 nitrogen and oxygen atoms in total. The van der Waals surface area contributed by atoms with Crippen LogP contribution in [0.15, 0.2) is 24.3 Å². The van der Waals surface area contributed by atoms with Crippen molar-refractivity contribution < 1.29 is 9.59 Å². The minimum absolute atomic E-state index is 0.0789. The molecule has 0 unspecified atom stereocenters. The lowest BCUT2D eigenvalue weighted by molar-refractivity contribution is -0.115. The summed E-state index contributed by atoms with van der Waals surface area (Å²) in [5.41, 5.74) is 1.46. The van der Waals surface area contributed by atoms with Crippen LogP contribution in [0.3, 0.4) is 0 Å². The average molecular weight is 273 g/mol. The molecule has 0 spiro atoms. The Kier molecular flexibility index (Phi) is 3.58. The topological polar surface area (TPSA) is 61.4 Å². The largest absolute Gasteiger partial charge is 0.335 e. The highest BCUT2D eigenvalue weighted by molar-refractivity contribution is 6.09. The number of urea groups is 1. The highest BCUT2D eigenvalue weighted by Gasteiger charge is 2.28. The van der Waals surface area contributed by atoms with Crippen LogP contribution in [-0.2, 0) is 4.79 Å². The molecule has 1 saturated carbocycles. The number of hydrogen-bond acceptors (Lipinski definition) is 2. The Morgan fingerprint density at radius 3 is 2.75 bits per heavy atom. The van der Waals surface area contributed by atoms with Crippen molar-refractivity contribution in [2.75, 3.05) is 16.8 Å². The summed E-state index contributed by atoms with van der Waals surface area (Å²) in [5, 5.41) is 5.84. The molecule has 3 rings (SSSR count). The SMILES string of the molecule is O=C1CN(C(=O)NC2CCCCC2)c2ccccc2N1. The Labute approximate surface area is 118 Å². The number of nitrogens with zero attached hydrogens (tertiary/aromatic N) is 1. The number of hydrogen-bond donors (Lipinski definition) is 2. The summed E-state index contributed by atoms with van der Waals surface area (Å²) in [6, 6.07) is 7.47. The maximum absolute atomic E-state index is 12.4. The van der Waals surface area contributed by atoms with Gasteiger partial charge in [-0.05, 0) is 25.0 Å². The minimum Gasteiger partial charge on any atom is -0.335 e. The van der Waals surface area contributed by atoms with Gasteiger partial charge in [0.1, 0.15) is 6.54 Å². The summed E-state index contributed by atoms with van der Waals surface area (Å²) < 4.78 is 0. The van der Waals surface area contributed by atoms with Crippen LogP contribution in [0.25, 0.3) is 0 Å². The number of fused-ring (bicyclic) bond motifs is 1. The van der Waals surface area contributed by atoms with Crippen molar-refractivity contribution in [3.05, 3.63) is 24.3 Å². The fourth-order valence-electron chi connectivity index (χ4n) is 2.91. The van der Waals surface area contributed by atoms with Gasteiger partial charge in [0.05, 0.1) is 11.4 Å². The summed E-state index contributed by atoms with van der Waals surface area (Å²) in [5.74, 6) is -0.150. The molecule has 0 saturated heterocycles. The normalized spacial score (nSPS) is 19.2. The maximum Gasteiger partial charge on any atom is 0.322 e. The van der Waals surface area contributed by atoms with Crippen LogP contribution in [0.4, 0.5) is 16.2 Å². The van der Waals surface area contributed by atoms with E-state index in [1.165, 1.54) is 24.2 Å². The van der Waals surface area contributed by atoms with E-state index in [2.05, 4.69) is 10.6 Å². The number of amides is 3. The minimum atomic E-state index is -0.167. The first-order valence-corrected chi connectivity index (χ1v) is 7.21. The average Bonchev–Trinajstić information content (AvgIpc) is 2.47. The van der Waals surface area contributed by atoms with Gasteiger partial charge in [0.2, 0.25) is 5.91 Å². The van der Waals surface area contributed by atoms with Gasteiger partial charge in [-0.3, -0.25) is 9.69 Å². The summed E-state index contributed by atoms with van der Waals surface area (Å²) in [6.45, 7) is 0.0789. The maximum atomic E-state index is 12.4. The zero-order chi connectivity index (χ0) is 13.9. The molecule has 3 amide bonds. The lowest BCUT2D eigenvalue weighted by Crippen LogP contribution is -2.50. The predicted octanol–water partition coefficient (Wildman–Crippen LogP) is 2.49. The molecule has 0 bridgehead atoms. The number of carbonyl (C=O) groups excluding carboxylic acids is 2. The number of carbonyl (C=O) groups is 2. The molecule has 2 aliphatic rings. The van der Waals surface area contributed by atoms with Gasteiger partial charge in [-0.2, -0.15) is 0 Å². The summed E-state index contributed by atoms with van der Waals surface area (Å²) in [4.78, 5) is 25.6. The van der Waals surface area contributed by atoms with Gasteiger partial charge in [0, 0.05) is 6.04 Å². The Morgan fingerprint density at radius 2 is 1.95 bits per heavy atom. The third-order valence-electron chi connectivity index (χ3n) is 3.95. The van der Waals surface area contributed by atoms with Crippen LogP contribution in [0, 0.1) is 0 Å². The molecular weight excluding hydrogens is 254 g/mol. The van der Waals surface area contributed by atoms with Crippen LogP contribution in [0.1, 0.15) is 32.1 Å². The smallest absolute Gasteiger partial charge is 0.322 e. The second-order valence-electron chi connectivity index (χ2n) is 5.44. The summed E-state index contributed by atoms with van der Waals surface area (Å²) in [6.07, 6.45) is 5.66. The number of nitrogens with one attached hydrogen (secondary N) is 2. The van der Waals surface area contributed by atoms with Crippen LogP contribution in [0.5, 0.6) is 0 Å². The van der Waals surface area contributed by atoms with Crippen LogP contribution >= 0.6 is 0 Å². The highest BCUT2D eigenvalue weighted by atomic mass is 16.2. The Balaban J connectivity index is 1.75. The van der Waals surface area contributed by atoms with Crippen LogP contribution in [0.2, 0.25) is 0 Å². The van der Waals surface area contributed by atoms with Gasteiger partial charge in [-0.1, -0.05) is 31.4 Å². The van der Waals surface area contributed by atoms with Gasteiger partial charge in [-0.25, -0.2) is 4.79 Å².